The first kappa shape index (κ1) is 24.2. The molecule has 2 N–H and O–H groups in total. The van der Waals surface area contributed by atoms with Gasteiger partial charge < -0.3 is 20.1 Å². The maximum absolute atomic E-state index is 13.2. The summed E-state index contributed by atoms with van der Waals surface area (Å²) in [5.41, 5.74) is 0.485. The standard InChI is InChI=1S/C12H13ClN2O.C11H12F3NO/c13-12-7-11(2-1-9(12)8-14)16-10-3-5-15-6-4-10;12-8-5-10(14)11(6-9(8)13)16-7-1-3-15-4-2-7/h1-2,7,10,15H,3-6H2;5-7,15H,1-4H2. The number of hydrogen-bond acceptors (Lipinski definition) is 5. The van der Waals surface area contributed by atoms with Crippen molar-refractivity contribution in [3.63, 3.8) is 0 Å². The van der Waals surface area contributed by atoms with E-state index < -0.39 is 17.5 Å². The lowest BCUT2D eigenvalue weighted by atomic mass is 10.1. The molecule has 2 aliphatic heterocycles. The summed E-state index contributed by atoms with van der Waals surface area (Å²) in [5.74, 6) is -2.63. The molecule has 0 radical (unpaired) electrons. The van der Waals surface area contributed by atoms with Gasteiger partial charge in [0.25, 0.3) is 0 Å². The topological polar surface area (TPSA) is 66.3 Å². The highest BCUT2D eigenvalue weighted by atomic mass is 35.5. The first-order chi connectivity index (χ1) is 15.5. The van der Waals surface area contributed by atoms with E-state index in [0.717, 1.165) is 63.7 Å². The molecule has 2 aliphatic rings. The van der Waals surface area contributed by atoms with Crippen LogP contribution < -0.4 is 20.1 Å². The van der Waals surface area contributed by atoms with Gasteiger partial charge in [0, 0.05) is 18.2 Å². The minimum Gasteiger partial charge on any atom is -0.490 e. The van der Waals surface area contributed by atoms with Crippen LogP contribution in [0.4, 0.5) is 13.2 Å². The third-order valence-electron chi connectivity index (χ3n) is 5.20. The summed E-state index contributed by atoms with van der Waals surface area (Å²) in [4.78, 5) is 0. The van der Waals surface area contributed by atoms with Gasteiger partial charge >= 0.3 is 0 Å². The van der Waals surface area contributed by atoms with E-state index in [2.05, 4.69) is 10.6 Å². The van der Waals surface area contributed by atoms with Crippen LogP contribution in [0.15, 0.2) is 30.3 Å². The molecule has 2 aromatic carbocycles. The Hall–Kier alpha value is -2.47. The molecule has 9 heteroatoms. The monoisotopic (exact) mass is 467 g/mol. The van der Waals surface area contributed by atoms with Gasteiger partial charge in [0.1, 0.15) is 24.0 Å². The van der Waals surface area contributed by atoms with Crippen LogP contribution in [-0.4, -0.2) is 38.4 Å². The summed E-state index contributed by atoms with van der Waals surface area (Å²) in [6.45, 7) is 3.56. The van der Waals surface area contributed by atoms with Crippen LogP contribution in [0.3, 0.4) is 0 Å². The normalized spacial score (nSPS) is 17.1. The minimum absolute atomic E-state index is 0.138. The Bertz CT molecular complexity index is 943. The molecule has 0 unspecified atom stereocenters. The summed E-state index contributed by atoms with van der Waals surface area (Å²) >= 11 is 5.93. The van der Waals surface area contributed by atoms with Gasteiger partial charge in [-0.15, -0.1) is 0 Å². The highest BCUT2D eigenvalue weighted by Gasteiger charge is 2.18. The Labute approximate surface area is 190 Å². The van der Waals surface area contributed by atoms with Crippen molar-refractivity contribution in [1.82, 2.24) is 10.6 Å². The number of piperidine rings is 2. The zero-order chi connectivity index (χ0) is 22.9. The first-order valence-corrected chi connectivity index (χ1v) is 10.9. The SMILES string of the molecule is Fc1cc(F)c(OC2CCNCC2)cc1F.N#Cc1ccc(OC2CCNCC2)cc1Cl. The van der Waals surface area contributed by atoms with Gasteiger partial charge in [-0.1, -0.05) is 11.6 Å². The van der Waals surface area contributed by atoms with Crippen molar-refractivity contribution in [3.05, 3.63) is 58.4 Å². The second kappa shape index (κ2) is 12.0. The third-order valence-corrected chi connectivity index (χ3v) is 5.52. The van der Waals surface area contributed by atoms with E-state index in [1.807, 2.05) is 6.07 Å². The molecule has 32 heavy (non-hydrogen) atoms. The number of nitriles is 1. The molecule has 0 aliphatic carbocycles. The van der Waals surface area contributed by atoms with E-state index in [4.69, 9.17) is 26.3 Å². The van der Waals surface area contributed by atoms with Crippen molar-refractivity contribution in [2.45, 2.75) is 37.9 Å². The van der Waals surface area contributed by atoms with Gasteiger partial charge in [-0.2, -0.15) is 5.26 Å². The highest BCUT2D eigenvalue weighted by Crippen LogP contribution is 2.25. The maximum Gasteiger partial charge on any atom is 0.168 e. The predicted molar refractivity (Wildman–Crippen MR) is 116 cm³/mol. The molecule has 0 bridgehead atoms. The lowest BCUT2D eigenvalue weighted by Crippen LogP contribution is -2.34. The van der Waals surface area contributed by atoms with Crippen LogP contribution >= 0.6 is 11.6 Å². The van der Waals surface area contributed by atoms with E-state index in [1.54, 1.807) is 18.2 Å². The summed E-state index contributed by atoms with van der Waals surface area (Å²) in [6, 6.07) is 8.49. The fourth-order valence-electron chi connectivity index (χ4n) is 3.45. The zero-order valence-electron chi connectivity index (χ0n) is 17.5. The van der Waals surface area contributed by atoms with Crippen molar-refractivity contribution in [2.75, 3.05) is 26.2 Å². The Morgan fingerprint density at radius 1 is 0.812 bits per heavy atom. The molecule has 2 fully saturated rings. The molecule has 0 saturated carbocycles. The second-order valence-corrected chi connectivity index (χ2v) is 7.99. The number of nitrogens with zero attached hydrogens (tertiary/aromatic N) is 1. The van der Waals surface area contributed by atoms with E-state index in [-0.39, 0.29) is 18.0 Å². The second-order valence-electron chi connectivity index (χ2n) is 7.58. The Morgan fingerprint density at radius 3 is 1.94 bits per heavy atom. The molecule has 4 rings (SSSR count). The molecule has 2 saturated heterocycles. The van der Waals surface area contributed by atoms with Crippen LogP contribution in [0.2, 0.25) is 5.02 Å². The Balaban J connectivity index is 0.000000181. The predicted octanol–water partition coefficient (Wildman–Crippen LogP) is 4.58. The van der Waals surface area contributed by atoms with Gasteiger partial charge in [-0.25, -0.2) is 13.2 Å². The average Bonchev–Trinajstić information content (AvgIpc) is 2.79. The van der Waals surface area contributed by atoms with Crippen molar-refractivity contribution in [3.8, 4) is 17.6 Å². The number of hydrogen-bond donors (Lipinski definition) is 2. The average molecular weight is 468 g/mol. The lowest BCUT2D eigenvalue weighted by molar-refractivity contribution is 0.155. The number of nitrogens with one attached hydrogen (secondary N) is 2. The quantitative estimate of drug-likeness (QED) is 0.644. The van der Waals surface area contributed by atoms with Crippen molar-refractivity contribution in [2.24, 2.45) is 0 Å². The molecule has 2 heterocycles. The highest BCUT2D eigenvalue weighted by molar-refractivity contribution is 6.31. The van der Waals surface area contributed by atoms with Crippen molar-refractivity contribution < 1.29 is 22.6 Å². The smallest absolute Gasteiger partial charge is 0.168 e. The largest absolute Gasteiger partial charge is 0.490 e. The van der Waals surface area contributed by atoms with Crippen LogP contribution in [0.5, 0.6) is 11.5 Å². The maximum atomic E-state index is 13.2. The molecule has 0 atom stereocenters. The molecule has 0 spiro atoms. The van der Waals surface area contributed by atoms with E-state index in [9.17, 15) is 13.2 Å². The van der Waals surface area contributed by atoms with Crippen LogP contribution in [-0.2, 0) is 0 Å². The lowest BCUT2D eigenvalue weighted by Gasteiger charge is -2.24. The summed E-state index contributed by atoms with van der Waals surface area (Å²) < 4.78 is 49.9. The number of rotatable bonds is 4. The van der Waals surface area contributed by atoms with Crippen LogP contribution in [0.1, 0.15) is 31.2 Å². The van der Waals surface area contributed by atoms with E-state index in [1.165, 1.54) is 0 Å². The Morgan fingerprint density at radius 2 is 1.38 bits per heavy atom. The summed E-state index contributed by atoms with van der Waals surface area (Å²) in [7, 11) is 0. The van der Waals surface area contributed by atoms with Gasteiger partial charge in [0.2, 0.25) is 0 Å². The fraction of sp³-hybridized carbons (Fsp3) is 0.435. The molecule has 2 aromatic rings. The van der Waals surface area contributed by atoms with E-state index >= 15 is 0 Å². The van der Waals surface area contributed by atoms with Gasteiger partial charge in [0.05, 0.1) is 10.6 Å². The molecule has 5 nitrogen and oxygen atoms in total. The molecular formula is C23H25ClF3N3O2. The molecule has 0 amide bonds. The number of halogens is 4. The number of ether oxygens (including phenoxy) is 2. The summed E-state index contributed by atoms with van der Waals surface area (Å²) in [5, 5.41) is 15.6. The van der Waals surface area contributed by atoms with Gasteiger partial charge in [0.15, 0.2) is 23.2 Å². The van der Waals surface area contributed by atoms with E-state index in [0.29, 0.717) is 16.7 Å². The summed E-state index contributed by atoms with van der Waals surface area (Å²) in [6.07, 6.45) is 3.61. The Kier molecular flexibility index (Phi) is 9.03. The third kappa shape index (κ3) is 7.02. The minimum atomic E-state index is -1.20. The fourth-order valence-corrected chi connectivity index (χ4v) is 3.67. The molecule has 172 valence electrons. The first-order valence-electron chi connectivity index (χ1n) is 10.5. The van der Waals surface area contributed by atoms with Gasteiger partial charge in [-0.3, -0.25) is 0 Å². The van der Waals surface area contributed by atoms with Crippen molar-refractivity contribution >= 4 is 11.6 Å². The van der Waals surface area contributed by atoms with Crippen LogP contribution in [0, 0.1) is 28.8 Å². The molecular weight excluding hydrogens is 443 g/mol. The molecule has 0 aromatic heterocycles. The van der Waals surface area contributed by atoms with Crippen LogP contribution in [0.25, 0.3) is 0 Å². The number of benzene rings is 2. The van der Waals surface area contributed by atoms with Crippen molar-refractivity contribution in [1.29, 1.82) is 5.26 Å². The van der Waals surface area contributed by atoms with Gasteiger partial charge in [-0.05, 0) is 64.0 Å². The zero-order valence-corrected chi connectivity index (χ0v) is 18.2.